The molecule has 7 nitrogen and oxygen atoms in total. The van der Waals surface area contributed by atoms with Gasteiger partial charge in [-0.2, -0.15) is 0 Å². The molecule has 1 unspecified atom stereocenters. The van der Waals surface area contributed by atoms with Crippen molar-refractivity contribution in [3.05, 3.63) is 66.2 Å². The van der Waals surface area contributed by atoms with Crippen molar-refractivity contribution in [2.75, 3.05) is 39.8 Å². The summed E-state index contributed by atoms with van der Waals surface area (Å²) in [6, 6.07) is 18.7. The fraction of sp³-hybridized carbons (Fsp3) is 0.552. The van der Waals surface area contributed by atoms with E-state index in [2.05, 4.69) is 29.3 Å². The van der Waals surface area contributed by atoms with Gasteiger partial charge in [0.05, 0.1) is 23.6 Å². The van der Waals surface area contributed by atoms with E-state index in [1.807, 2.05) is 38.1 Å². The molecule has 1 saturated heterocycles. The number of halogens is 1. The lowest BCUT2D eigenvalue weighted by molar-refractivity contribution is -0.152. The number of piperidine rings is 1. The Bertz CT molecular complexity index is 1070. The first kappa shape index (κ1) is 32.2. The van der Waals surface area contributed by atoms with Crippen LogP contribution in [0.15, 0.2) is 65.6 Å². The second kappa shape index (κ2) is 15.6. The Hall–Kier alpha value is -1.97. The van der Waals surface area contributed by atoms with Crippen LogP contribution in [0.4, 0.5) is 0 Å². The second-order valence-corrected chi connectivity index (χ2v) is 12.4. The molecule has 1 heterocycles. The molecule has 9 heteroatoms. The molecule has 2 aromatic carbocycles. The summed E-state index contributed by atoms with van der Waals surface area (Å²) >= 11 is 0. The molecule has 1 fully saturated rings. The molecule has 1 aliphatic heterocycles. The van der Waals surface area contributed by atoms with Crippen LogP contribution < -0.4 is 5.32 Å². The summed E-state index contributed by atoms with van der Waals surface area (Å²) in [5, 5.41) is 3.55. The van der Waals surface area contributed by atoms with Crippen LogP contribution in [0.3, 0.4) is 0 Å². The van der Waals surface area contributed by atoms with E-state index in [0.29, 0.717) is 24.0 Å². The van der Waals surface area contributed by atoms with Crippen molar-refractivity contribution >= 4 is 28.4 Å². The molecule has 2 aromatic rings. The highest BCUT2D eigenvalue weighted by Crippen LogP contribution is 2.28. The van der Waals surface area contributed by atoms with E-state index in [4.69, 9.17) is 4.74 Å². The van der Waals surface area contributed by atoms with Gasteiger partial charge in [0.25, 0.3) is 0 Å². The highest BCUT2D eigenvalue weighted by molar-refractivity contribution is 7.89. The largest absolute Gasteiger partial charge is 0.465 e. The molecule has 0 saturated carbocycles. The number of hydrogen-bond acceptors (Lipinski definition) is 6. The number of nitrogens with zero attached hydrogens (tertiary/aromatic N) is 2. The Balaban J connectivity index is 0.00000507. The summed E-state index contributed by atoms with van der Waals surface area (Å²) in [5.41, 5.74) is 1.13. The van der Waals surface area contributed by atoms with Gasteiger partial charge in [-0.25, -0.2) is 12.7 Å². The fourth-order valence-corrected chi connectivity index (χ4v) is 6.14. The Morgan fingerprint density at radius 2 is 1.74 bits per heavy atom. The monoisotopic (exact) mass is 565 g/mol. The maximum Gasteiger partial charge on any atom is 0.309 e. The van der Waals surface area contributed by atoms with E-state index < -0.39 is 10.0 Å². The summed E-state index contributed by atoms with van der Waals surface area (Å²) in [5.74, 6) is 0.185. The van der Waals surface area contributed by atoms with E-state index in [0.717, 1.165) is 44.5 Å². The molecule has 0 radical (unpaired) electrons. The second-order valence-electron chi connectivity index (χ2n) is 10.3. The predicted octanol–water partition coefficient (Wildman–Crippen LogP) is 4.75. The lowest BCUT2D eigenvalue weighted by atomic mass is 9.92. The summed E-state index contributed by atoms with van der Waals surface area (Å²) in [7, 11) is -1.92. The molecule has 0 aliphatic carbocycles. The van der Waals surface area contributed by atoms with Gasteiger partial charge in [-0.05, 0) is 55.3 Å². The summed E-state index contributed by atoms with van der Waals surface area (Å²) in [4.78, 5) is 15.3. The molecule has 0 aromatic heterocycles. The summed E-state index contributed by atoms with van der Waals surface area (Å²) < 4.78 is 33.4. The SMILES string of the molecule is CCN[C@@H]1CC(C(=O)OCC(C)C)CCN1CC[C@@H](CN(C)S(=O)(=O)c1ccccc1)c1ccccc1.Cl. The van der Waals surface area contributed by atoms with Gasteiger partial charge in [-0.3, -0.25) is 9.69 Å². The Labute approximate surface area is 235 Å². The zero-order valence-electron chi connectivity index (χ0n) is 23.1. The quantitative estimate of drug-likeness (QED) is 0.353. The number of hydrogen-bond donors (Lipinski definition) is 1. The number of benzene rings is 2. The van der Waals surface area contributed by atoms with Crippen LogP contribution in [0.5, 0.6) is 0 Å². The maximum absolute atomic E-state index is 13.2. The van der Waals surface area contributed by atoms with Gasteiger partial charge in [0.1, 0.15) is 0 Å². The maximum atomic E-state index is 13.2. The van der Waals surface area contributed by atoms with Crippen LogP contribution in [0, 0.1) is 11.8 Å². The zero-order valence-corrected chi connectivity index (χ0v) is 24.7. The van der Waals surface area contributed by atoms with Gasteiger partial charge in [0.2, 0.25) is 10.0 Å². The Morgan fingerprint density at radius 1 is 1.11 bits per heavy atom. The van der Waals surface area contributed by atoms with Crippen molar-refractivity contribution in [1.29, 1.82) is 0 Å². The molecule has 0 amide bonds. The minimum Gasteiger partial charge on any atom is -0.465 e. The summed E-state index contributed by atoms with van der Waals surface area (Å²) in [6.45, 7) is 9.45. The molecule has 38 heavy (non-hydrogen) atoms. The van der Waals surface area contributed by atoms with Gasteiger partial charge in [-0.1, -0.05) is 69.3 Å². The number of rotatable bonds is 13. The smallest absolute Gasteiger partial charge is 0.309 e. The number of carbonyl (C=O) groups is 1. The summed E-state index contributed by atoms with van der Waals surface area (Å²) in [6.07, 6.45) is 2.40. The van der Waals surface area contributed by atoms with E-state index >= 15 is 0 Å². The number of likely N-dealkylation sites (N-methyl/N-ethyl adjacent to an activating group) is 1. The van der Waals surface area contributed by atoms with Crippen LogP contribution in [-0.4, -0.2) is 69.6 Å². The number of nitrogens with one attached hydrogen (secondary N) is 1. The first-order valence-corrected chi connectivity index (χ1v) is 14.9. The standard InChI is InChI=1S/C29H43N3O4S.ClH/c1-5-30-28-20-25(29(33)36-22-23(2)3)16-18-32(28)19-17-26(24-12-8-6-9-13-24)21-31(4)37(34,35)27-14-10-7-11-15-27;/h6-15,23,25-26,28,30H,5,16-22H2,1-4H3;1H/t25?,26-,28-;/m0./s1. The van der Waals surface area contributed by atoms with Crippen molar-refractivity contribution < 1.29 is 17.9 Å². The van der Waals surface area contributed by atoms with Crippen molar-refractivity contribution in [3.8, 4) is 0 Å². The van der Waals surface area contributed by atoms with Crippen LogP contribution in [-0.2, 0) is 19.6 Å². The fourth-order valence-electron chi connectivity index (χ4n) is 4.90. The number of esters is 1. The molecule has 3 atom stereocenters. The zero-order chi connectivity index (χ0) is 26.8. The van der Waals surface area contributed by atoms with Gasteiger partial charge in [0, 0.05) is 26.7 Å². The first-order valence-electron chi connectivity index (χ1n) is 13.4. The van der Waals surface area contributed by atoms with Crippen molar-refractivity contribution in [2.24, 2.45) is 11.8 Å². The third kappa shape index (κ3) is 9.06. The highest BCUT2D eigenvalue weighted by Gasteiger charge is 2.33. The van der Waals surface area contributed by atoms with Crippen molar-refractivity contribution in [2.45, 2.75) is 57.0 Å². The third-order valence-electron chi connectivity index (χ3n) is 7.01. The van der Waals surface area contributed by atoms with E-state index in [1.165, 1.54) is 4.31 Å². The Morgan fingerprint density at radius 3 is 2.34 bits per heavy atom. The topological polar surface area (TPSA) is 79.0 Å². The Kier molecular flexibility index (Phi) is 13.2. The van der Waals surface area contributed by atoms with E-state index in [-0.39, 0.29) is 36.4 Å². The number of likely N-dealkylation sites (tertiary alicyclic amines) is 1. The first-order chi connectivity index (χ1) is 17.7. The number of ether oxygens (including phenoxy) is 1. The number of sulfonamides is 1. The molecule has 3 rings (SSSR count). The number of carbonyl (C=O) groups excluding carboxylic acids is 1. The highest BCUT2D eigenvalue weighted by atomic mass is 35.5. The minimum atomic E-state index is -3.58. The lowest BCUT2D eigenvalue weighted by Gasteiger charge is -2.40. The molecule has 0 bridgehead atoms. The normalized spacial score (nSPS) is 19.2. The molecule has 0 spiro atoms. The molecule has 212 valence electrons. The van der Waals surface area contributed by atoms with Gasteiger partial charge in [0.15, 0.2) is 0 Å². The van der Waals surface area contributed by atoms with Crippen LogP contribution >= 0.6 is 12.4 Å². The van der Waals surface area contributed by atoms with Gasteiger partial charge >= 0.3 is 5.97 Å². The third-order valence-corrected chi connectivity index (χ3v) is 8.85. The molecule has 1 N–H and O–H groups in total. The van der Waals surface area contributed by atoms with Crippen molar-refractivity contribution in [3.63, 3.8) is 0 Å². The average molecular weight is 566 g/mol. The average Bonchev–Trinajstić information content (AvgIpc) is 2.91. The predicted molar refractivity (Wildman–Crippen MR) is 155 cm³/mol. The molecule has 1 aliphatic rings. The van der Waals surface area contributed by atoms with Crippen LogP contribution in [0.2, 0.25) is 0 Å². The minimum absolute atomic E-state index is 0. The molecular formula is C29H44ClN3O4S. The van der Waals surface area contributed by atoms with Crippen LogP contribution in [0.25, 0.3) is 0 Å². The van der Waals surface area contributed by atoms with Crippen LogP contribution in [0.1, 0.15) is 51.5 Å². The lowest BCUT2D eigenvalue weighted by Crippen LogP contribution is -2.52. The van der Waals surface area contributed by atoms with E-state index in [1.54, 1.807) is 31.3 Å². The van der Waals surface area contributed by atoms with Gasteiger partial charge < -0.3 is 10.1 Å². The molecular weight excluding hydrogens is 522 g/mol. The van der Waals surface area contributed by atoms with E-state index in [9.17, 15) is 13.2 Å². The van der Waals surface area contributed by atoms with Crippen molar-refractivity contribution in [1.82, 2.24) is 14.5 Å². The van der Waals surface area contributed by atoms with Gasteiger partial charge in [-0.15, -0.1) is 12.4 Å².